The van der Waals surface area contributed by atoms with Gasteiger partial charge in [0.2, 0.25) is 0 Å². The second-order valence-corrected chi connectivity index (χ2v) is 4.30. The molecule has 4 nitrogen and oxygen atoms in total. The van der Waals surface area contributed by atoms with E-state index >= 15 is 0 Å². The maximum Gasteiger partial charge on any atom is 0.146 e. The van der Waals surface area contributed by atoms with Gasteiger partial charge in [-0.15, -0.1) is 0 Å². The number of pyridine rings is 1. The van der Waals surface area contributed by atoms with Gasteiger partial charge < -0.3 is 11.1 Å². The molecule has 5 heteroatoms. The summed E-state index contributed by atoms with van der Waals surface area (Å²) in [5.41, 5.74) is 6.30. The Labute approximate surface area is 100 Å². The third kappa shape index (κ3) is 3.09. The van der Waals surface area contributed by atoms with Crippen molar-refractivity contribution < 1.29 is 0 Å². The summed E-state index contributed by atoms with van der Waals surface area (Å²) in [7, 11) is 0. The molecule has 0 aromatic carbocycles. The first kappa shape index (κ1) is 12.8. The van der Waals surface area contributed by atoms with E-state index in [0.717, 1.165) is 0 Å². The molecule has 1 unspecified atom stereocenters. The summed E-state index contributed by atoms with van der Waals surface area (Å²) in [5.74, 6) is 0.891. The van der Waals surface area contributed by atoms with Crippen molar-refractivity contribution in [2.75, 3.05) is 11.9 Å². The van der Waals surface area contributed by atoms with Crippen molar-refractivity contribution in [1.82, 2.24) is 4.98 Å². The van der Waals surface area contributed by atoms with Gasteiger partial charge in [0, 0.05) is 18.8 Å². The second kappa shape index (κ2) is 5.69. The number of anilines is 1. The van der Waals surface area contributed by atoms with Crippen molar-refractivity contribution in [3.05, 3.63) is 22.8 Å². The zero-order valence-corrected chi connectivity index (χ0v) is 10.1. The molecular weight excluding hydrogens is 224 g/mol. The molecule has 0 bridgehead atoms. The van der Waals surface area contributed by atoms with Gasteiger partial charge >= 0.3 is 0 Å². The third-order valence-electron chi connectivity index (χ3n) is 2.37. The van der Waals surface area contributed by atoms with E-state index in [2.05, 4.69) is 10.3 Å². The van der Waals surface area contributed by atoms with Crippen molar-refractivity contribution in [2.24, 2.45) is 11.7 Å². The Bertz CT molecular complexity index is 397. The number of aromatic nitrogens is 1. The minimum atomic E-state index is 0.0311. The highest BCUT2D eigenvalue weighted by Crippen LogP contribution is 2.22. The van der Waals surface area contributed by atoms with Gasteiger partial charge in [-0.1, -0.05) is 25.4 Å². The first-order chi connectivity index (χ1) is 7.56. The molecule has 0 radical (unpaired) electrons. The molecule has 0 amide bonds. The normalized spacial score (nSPS) is 12.2. The van der Waals surface area contributed by atoms with E-state index in [-0.39, 0.29) is 6.04 Å². The largest absolute Gasteiger partial charge is 0.367 e. The smallest absolute Gasteiger partial charge is 0.146 e. The molecule has 86 valence electrons. The van der Waals surface area contributed by atoms with Gasteiger partial charge in [-0.2, -0.15) is 5.26 Å². The SMILES string of the molecule is CC(C)C(N)CNc1nccc(C#N)c1Cl. The molecule has 0 fully saturated rings. The highest BCUT2D eigenvalue weighted by molar-refractivity contribution is 6.34. The molecule has 1 heterocycles. The summed E-state index contributed by atoms with van der Waals surface area (Å²) in [5, 5.41) is 12.2. The molecule has 1 atom stereocenters. The van der Waals surface area contributed by atoms with Crippen LogP contribution in [-0.2, 0) is 0 Å². The molecule has 1 aromatic heterocycles. The zero-order valence-electron chi connectivity index (χ0n) is 9.37. The lowest BCUT2D eigenvalue weighted by atomic mass is 10.1. The summed E-state index contributed by atoms with van der Waals surface area (Å²) in [6, 6.07) is 3.61. The quantitative estimate of drug-likeness (QED) is 0.842. The summed E-state index contributed by atoms with van der Waals surface area (Å²) in [6.07, 6.45) is 1.55. The van der Waals surface area contributed by atoms with Gasteiger partial charge in [-0.3, -0.25) is 0 Å². The van der Waals surface area contributed by atoms with Crippen LogP contribution in [0.1, 0.15) is 19.4 Å². The first-order valence-electron chi connectivity index (χ1n) is 5.10. The van der Waals surface area contributed by atoms with Crippen LogP contribution in [0, 0.1) is 17.2 Å². The number of halogens is 1. The predicted octanol–water partition coefficient (Wildman–Crippen LogP) is 2.00. The van der Waals surface area contributed by atoms with Crippen LogP contribution in [0.5, 0.6) is 0 Å². The van der Waals surface area contributed by atoms with Crippen LogP contribution in [-0.4, -0.2) is 17.6 Å². The van der Waals surface area contributed by atoms with E-state index in [4.69, 9.17) is 22.6 Å². The van der Waals surface area contributed by atoms with Crippen molar-refractivity contribution in [3.63, 3.8) is 0 Å². The lowest BCUT2D eigenvalue weighted by Gasteiger charge is -2.17. The van der Waals surface area contributed by atoms with Crippen LogP contribution in [0.15, 0.2) is 12.3 Å². The average Bonchev–Trinajstić information content (AvgIpc) is 2.27. The fourth-order valence-electron chi connectivity index (χ4n) is 1.10. The van der Waals surface area contributed by atoms with Crippen molar-refractivity contribution in [2.45, 2.75) is 19.9 Å². The lowest BCUT2D eigenvalue weighted by Crippen LogP contribution is -2.34. The standard InChI is InChI=1S/C11H15ClN4/c1-7(2)9(14)6-16-11-10(12)8(5-13)3-4-15-11/h3-4,7,9H,6,14H2,1-2H3,(H,15,16). The second-order valence-electron chi connectivity index (χ2n) is 3.92. The molecule has 0 saturated carbocycles. The number of rotatable bonds is 4. The summed E-state index contributed by atoms with van der Waals surface area (Å²) in [4.78, 5) is 4.07. The number of nitriles is 1. The molecule has 1 rings (SSSR count). The molecule has 0 aliphatic heterocycles. The fourth-order valence-corrected chi connectivity index (χ4v) is 1.32. The topological polar surface area (TPSA) is 74.7 Å². The number of hydrogen-bond donors (Lipinski definition) is 2. The van der Waals surface area contributed by atoms with E-state index in [1.165, 1.54) is 0 Å². The Morgan fingerprint density at radius 3 is 2.88 bits per heavy atom. The number of nitrogens with zero attached hydrogens (tertiary/aromatic N) is 2. The Hall–Kier alpha value is -1.31. The van der Waals surface area contributed by atoms with Crippen LogP contribution >= 0.6 is 11.6 Å². The van der Waals surface area contributed by atoms with E-state index in [1.807, 2.05) is 19.9 Å². The van der Waals surface area contributed by atoms with Crippen molar-refractivity contribution in [3.8, 4) is 6.07 Å². The molecule has 1 aromatic rings. The van der Waals surface area contributed by atoms with E-state index in [1.54, 1.807) is 12.3 Å². The monoisotopic (exact) mass is 238 g/mol. The van der Waals surface area contributed by atoms with Gasteiger partial charge in [0.1, 0.15) is 16.9 Å². The predicted molar refractivity (Wildman–Crippen MR) is 65.3 cm³/mol. The summed E-state index contributed by atoms with van der Waals surface area (Å²) >= 11 is 5.98. The number of hydrogen-bond acceptors (Lipinski definition) is 4. The zero-order chi connectivity index (χ0) is 12.1. The minimum Gasteiger partial charge on any atom is -0.367 e. The van der Waals surface area contributed by atoms with Crippen molar-refractivity contribution in [1.29, 1.82) is 5.26 Å². The van der Waals surface area contributed by atoms with Crippen LogP contribution < -0.4 is 11.1 Å². The highest BCUT2D eigenvalue weighted by Gasteiger charge is 2.10. The van der Waals surface area contributed by atoms with Gasteiger partial charge in [0.05, 0.1) is 5.56 Å². The Morgan fingerprint density at radius 2 is 2.31 bits per heavy atom. The molecule has 0 spiro atoms. The molecule has 0 aliphatic carbocycles. The summed E-state index contributed by atoms with van der Waals surface area (Å²) in [6.45, 7) is 4.68. The number of nitrogens with two attached hydrogens (primary N) is 1. The van der Waals surface area contributed by atoms with E-state index in [9.17, 15) is 0 Å². The average molecular weight is 239 g/mol. The summed E-state index contributed by atoms with van der Waals surface area (Å²) < 4.78 is 0. The van der Waals surface area contributed by atoms with E-state index < -0.39 is 0 Å². The van der Waals surface area contributed by atoms with Crippen LogP contribution in [0.4, 0.5) is 5.82 Å². The minimum absolute atomic E-state index is 0.0311. The van der Waals surface area contributed by atoms with Crippen molar-refractivity contribution >= 4 is 17.4 Å². The Morgan fingerprint density at radius 1 is 1.62 bits per heavy atom. The van der Waals surface area contributed by atoms with Gasteiger partial charge in [-0.05, 0) is 12.0 Å². The van der Waals surface area contributed by atoms with Gasteiger partial charge in [-0.25, -0.2) is 4.98 Å². The molecule has 3 N–H and O–H groups in total. The Balaban J connectivity index is 2.72. The van der Waals surface area contributed by atoms with Crippen LogP contribution in [0.2, 0.25) is 5.02 Å². The lowest BCUT2D eigenvalue weighted by molar-refractivity contribution is 0.511. The van der Waals surface area contributed by atoms with Crippen LogP contribution in [0.3, 0.4) is 0 Å². The number of nitrogens with one attached hydrogen (secondary N) is 1. The fraction of sp³-hybridized carbons (Fsp3) is 0.455. The van der Waals surface area contributed by atoms with Crippen LogP contribution in [0.25, 0.3) is 0 Å². The molecule has 0 aliphatic rings. The highest BCUT2D eigenvalue weighted by atomic mass is 35.5. The third-order valence-corrected chi connectivity index (χ3v) is 2.75. The maximum atomic E-state index is 8.79. The maximum absolute atomic E-state index is 8.79. The van der Waals surface area contributed by atoms with Gasteiger partial charge in [0.15, 0.2) is 0 Å². The molecule has 0 saturated heterocycles. The Kier molecular flexibility index (Phi) is 4.53. The van der Waals surface area contributed by atoms with E-state index in [0.29, 0.717) is 28.9 Å². The molecular formula is C11H15ClN4. The van der Waals surface area contributed by atoms with Gasteiger partial charge in [0.25, 0.3) is 0 Å². The first-order valence-corrected chi connectivity index (χ1v) is 5.48. The molecule has 16 heavy (non-hydrogen) atoms.